The van der Waals surface area contributed by atoms with E-state index in [2.05, 4.69) is 40.8 Å². The number of nitrogens with zero attached hydrogens (tertiary/aromatic N) is 1. The van der Waals surface area contributed by atoms with E-state index in [0.717, 1.165) is 37.2 Å². The number of ether oxygens (including phenoxy) is 1. The van der Waals surface area contributed by atoms with E-state index in [-0.39, 0.29) is 12.1 Å². The first-order chi connectivity index (χ1) is 14.1. The van der Waals surface area contributed by atoms with Crippen LogP contribution >= 0.6 is 0 Å². The summed E-state index contributed by atoms with van der Waals surface area (Å²) < 4.78 is 5.85. The van der Waals surface area contributed by atoms with Gasteiger partial charge in [0.15, 0.2) is 0 Å². The molecule has 5 heteroatoms. The van der Waals surface area contributed by atoms with Gasteiger partial charge in [-0.15, -0.1) is 0 Å². The first-order valence-electron chi connectivity index (χ1n) is 10.4. The topological polar surface area (TPSA) is 57.4 Å². The minimum absolute atomic E-state index is 0.00160. The van der Waals surface area contributed by atoms with Crippen LogP contribution in [-0.4, -0.2) is 35.1 Å². The quantitative estimate of drug-likeness (QED) is 0.640. The molecule has 4 rings (SSSR count). The fraction of sp³-hybridized carbons (Fsp3) is 0.375. The Balaban J connectivity index is 1.33. The molecule has 3 aromatic rings. The summed E-state index contributed by atoms with van der Waals surface area (Å²) in [6.07, 6.45) is 4.22. The molecule has 0 unspecified atom stereocenters. The van der Waals surface area contributed by atoms with Gasteiger partial charge in [0, 0.05) is 42.3 Å². The number of carbonyl (C=O) groups is 1. The van der Waals surface area contributed by atoms with E-state index >= 15 is 0 Å². The molecule has 0 radical (unpaired) electrons. The zero-order chi connectivity index (χ0) is 20.2. The highest BCUT2D eigenvalue weighted by Gasteiger charge is 2.25. The van der Waals surface area contributed by atoms with E-state index in [4.69, 9.17) is 4.74 Å². The zero-order valence-electron chi connectivity index (χ0n) is 17.2. The Morgan fingerprint density at radius 2 is 1.86 bits per heavy atom. The number of carbonyl (C=O) groups excluding carboxylic acids is 1. The second-order valence-corrected chi connectivity index (χ2v) is 7.98. The summed E-state index contributed by atoms with van der Waals surface area (Å²) in [5.41, 5.74) is 3.56. The number of hydrogen-bond acceptors (Lipinski definition) is 2. The largest absolute Gasteiger partial charge is 0.491 e. The van der Waals surface area contributed by atoms with Crippen LogP contribution in [-0.2, 0) is 6.54 Å². The van der Waals surface area contributed by atoms with Gasteiger partial charge in [0.05, 0.1) is 6.10 Å². The number of aromatic nitrogens is 1. The Kier molecular flexibility index (Phi) is 5.74. The highest BCUT2D eigenvalue weighted by atomic mass is 16.5. The van der Waals surface area contributed by atoms with Gasteiger partial charge in [-0.2, -0.15) is 0 Å². The van der Waals surface area contributed by atoms with Crippen LogP contribution in [0.4, 0.5) is 4.79 Å². The number of piperidine rings is 1. The van der Waals surface area contributed by atoms with Crippen molar-refractivity contribution in [3.8, 4) is 5.75 Å². The van der Waals surface area contributed by atoms with Gasteiger partial charge in [0.1, 0.15) is 5.75 Å². The summed E-state index contributed by atoms with van der Waals surface area (Å²) in [6, 6.07) is 16.3. The monoisotopic (exact) mass is 391 g/mol. The third-order valence-electron chi connectivity index (χ3n) is 5.61. The summed E-state index contributed by atoms with van der Waals surface area (Å²) in [7, 11) is 0. The van der Waals surface area contributed by atoms with E-state index in [1.165, 1.54) is 16.5 Å². The zero-order valence-corrected chi connectivity index (χ0v) is 17.2. The highest BCUT2D eigenvalue weighted by molar-refractivity contribution is 5.83. The number of nitrogens with one attached hydrogen (secondary N) is 2. The van der Waals surface area contributed by atoms with Crippen molar-refractivity contribution in [1.82, 2.24) is 15.2 Å². The average Bonchev–Trinajstić information content (AvgIpc) is 3.17. The molecular weight excluding hydrogens is 362 g/mol. The van der Waals surface area contributed by atoms with Crippen LogP contribution in [0.1, 0.15) is 43.7 Å². The van der Waals surface area contributed by atoms with Crippen molar-refractivity contribution in [1.29, 1.82) is 0 Å². The SMILES string of the molecule is CC(C)Oc1ccccc1CNC(=O)N1CCC(c2c[nH]c3ccccc23)CC1. The van der Waals surface area contributed by atoms with E-state index in [1.54, 1.807) is 0 Å². The molecule has 2 N–H and O–H groups in total. The van der Waals surface area contributed by atoms with Gasteiger partial charge in [0.2, 0.25) is 0 Å². The molecule has 1 aromatic heterocycles. The van der Waals surface area contributed by atoms with Crippen LogP contribution < -0.4 is 10.1 Å². The maximum atomic E-state index is 12.7. The highest BCUT2D eigenvalue weighted by Crippen LogP contribution is 2.33. The third kappa shape index (κ3) is 4.39. The average molecular weight is 392 g/mol. The number of likely N-dealkylation sites (tertiary alicyclic amines) is 1. The number of H-pyrrole nitrogens is 1. The molecule has 2 aromatic carbocycles. The van der Waals surface area contributed by atoms with E-state index in [9.17, 15) is 4.79 Å². The molecule has 0 saturated carbocycles. The number of hydrogen-bond donors (Lipinski definition) is 2. The summed E-state index contributed by atoms with van der Waals surface area (Å²) in [5.74, 6) is 1.33. The first-order valence-corrected chi connectivity index (χ1v) is 10.4. The van der Waals surface area contributed by atoms with Gasteiger partial charge in [-0.1, -0.05) is 36.4 Å². The predicted octanol–water partition coefficient (Wildman–Crippen LogP) is 5.04. The lowest BCUT2D eigenvalue weighted by Crippen LogP contribution is -2.43. The second-order valence-electron chi connectivity index (χ2n) is 7.98. The minimum Gasteiger partial charge on any atom is -0.491 e. The number of amides is 2. The van der Waals surface area contributed by atoms with Gasteiger partial charge in [-0.25, -0.2) is 4.79 Å². The second kappa shape index (κ2) is 8.60. The molecule has 152 valence electrons. The van der Waals surface area contributed by atoms with Gasteiger partial charge >= 0.3 is 6.03 Å². The fourth-order valence-electron chi connectivity index (χ4n) is 4.13. The molecular formula is C24H29N3O2. The van der Waals surface area contributed by atoms with Crippen molar-refractivity contribution >= 4 is 16.9 Å². The van der Waals surface area contributed by atoms with E-state index in [0.29, 0.717) is 12.5 Å². The Bertz CT molecular complexity index is 971. The summed E-state index contributed by atoms with van der Waals surface area (Å²) in [4.78, 5) is 18.0. The number of para-hydroxylation sites is 2. The fourth-order valence-corrected chi connectivity index (χ4v) is 4.13. The Hall–Kier alpha value is -2.95. The third-order valence-corrected chi connectivity index (χ3v) is 5.61. The molecule has 5 nitrogen and oxygen atoms in total. The summed E-state index contributed by atoms with van der Waals surface area (Å²) in [5, 5.41) is 4.37. The standard InChI is InChI=1S/C24H29N3O2/c1-17(2)29-23-10-6-3-7-19(23)15-26-24(28)27-13-11-18(12-14-27)21-16-25-22-9-5-4-8-20(21)22/h3-10,16-18,25H,11-15H2,1-2H3,(H,26,28). The molecule has 1 aliphatic rings. The molecule has 2 amide bonds. The minimum atomic E-state index is 0.00160. The van der Waals surface area contributed by atoms with Gasteiger partial charge in [-0.05, 0) is 50.3 Å². The number of benzene rings is 2. The van der Waals surface area contributed by atoms with Crippen molar-refractivity contribution in [3.63, 3.8) is 0 Å². The predicted molar refractivity (Wildman–Crippen MR) is 116 cm³/mol. The molecule has 2 heterocycles. The number of aromatic amines is 1. The number of urea groups is 1. The van der Waals surface area contributed by atoms with Crippen molar-refractivity contribution in [2.45, 2.75) is 45.3 Å². The van der Waals surface area contributed by atoms with Gasteiger partial charge in [-0.3, -0.25) is 0 Å². The first kappa shape index (κ1) is 19.4. The molecule has 0 bridgehead atoms. The van der Waals surface area contributed by atoms with Gasteiger partial charge in [0.25, 0.3) is 0 Å². The molecule has 1 fully saturated rings. The van der Waals surface area contributed by atoms with Gasteiger partial charge < -0.3 is 19.9 Å². The maximum Gasteiger partial charge on any atom is 0.317 e. The normalized spacial score (nSPS) is 15.1. The van der Waals surface area contributed by atoms with E-state index < -0.39 is 0 Å². The summed E-state index contributed by atoms with van der Waals surface area (Å²) in [6.45, 7) is 6.05. The molecule has 0 aliphatic carbocycles. The Morgan fingerprint density at radius 1 is 1.14 bits per heavy atom. The van der Waals surface area contributed by atoms with Crippen LogP contribution in [0.15, 0.2) is 54.7 Å². The smallest absolute Gasteiger partial charge is 0.317 e. The Morgan fingerprint density at radius 3 is 2.66 bits per heavy atom. The van der Waals surface area contributed by atoms with Crippen LogP contribution in [0.3, 0.4) is 0 Å². The molecule has 0 spiro atoms. The van der Waals surface area contributed by atoms with Crippen molar-refractivity contribution in [2.75, 3.05) is 13.1 Å². The van der Waals surface area contributed by atoms with Crippen LogP contribution in [0.5, 0.6) is 5.75 Å². The van der Waals surface area contributed by atoms with Crippen molar-refractivity contribution in [3.05, 3.63) is 65.9 Å². The van der Waals surface area contributed by atoms with Crippen molar-refractivity contribution < 1.29 is 9.53 Å². The number of fused-ring (bicyclic) bond motifs is 1. The lowest BCUT2D eigenvalue weighted by Gasteiger charge is -2.32. The summed E-state index contributed by atoms with van der Waals surface area (Å²) >= 11 is 0. The molecule has 0 atom stereocenters. The van der Waals surface area contributed by atoms with Crippen LogP contribution in [0.25, 0.3) is 10.9 Å². The maximum absolute atomic E-state index is 12.7. The number of rotatable bonds is 5. The lowest BCUT2D eigenvalue weighted by atomic mass is 9.89. The lowest BCUT2D eigenvalue weighted by molar-refractivity contribution is 0.181. The Labute approximate surface area is 172 Å². The molecule has 1 saturated heterocycles. The molecule has 1 aliphatic heterocycles. The van der Waals surface area contributed by atoms with Crippen molar-refractivity contribution in [2.24, 2.45) is 0 Å². The van der Waals surface area contributed by atoms with Crippen LogP contribution in [0.2, 0.25) is 0 Å². The molecule has 29 heavy (non-hydrogen) atoms. The van der Waals surface area contributed by atoms with E-state index in [1.807, 2.05) is 43.0 Å². The van der Waals surface area contributed by atoms with Crippen LogP contribution in [0, 0.1) is 0 Å².